The zero-order valence-electron chi connectivity index (χ0n) is 13.3. The second kappa shape index (κ2) is 6.68. The third-order valence-electron chi connectivity index (χ3n) is 3.68. The van der Waals surface area contributed by atoms with Crippen LogP contribution in [0, 0.1) is 13.8 Å². The van der Waals surface area contributed by atoms with Gasteiger partial charge in [0, 0.05) is 30.0 Å². The molecule has 4 nitrogen and oxygen atoms in total. The maximum atomic E-state index is 5.46. The maximum Gasteiger partial charge on any atom is 0.123 e. The number of benzene rings is 1. The van der Waals surface area contributed by atoms with E-state index in [-0.39, 0.29) is 12.1 Å². The van der Waals surface area contributed by atoms with Crippen LogP contribution in [0.25, 0.3) is 0 Å². The van der Waals surface area contributed by atoms with Crippen molar-refractivity contribution in [2.45, 2.75) is 39.8 Å². The van der Waals surface area contributed by atoms with Gasteiger partial charge in [0.25, 0.3) is 0 Å². The van der Waals surface area contributed by atoms with E-state index >= 15 is 0 Å². The van der Waals surface area contributed by atoms with Gasteiger partial charge in [0.2, 0.25) is 0 Å². The van der Waals surface area contributed by atoms with E-state index in [1.807, 2.05) is 13.0 Å². The van der Waals surface area contributed by atoms with Crippen LogP contribution in [0.1, 0.15) is 48.4 Å². The molecule has 0 spiro atoms. The van der Waals surface area contributed by atoms with Gasteiger partial charge in [-0.3, -0.25) is 9.97 Å². The minimum atomic E-state index is 0.124. The fraction of sp³-hybridized carbons (Fsp3) is 0.412. The first-order chi connectivity index (χ1) is 10.0. The number of aromatic nitrogens is 2. The standard InChI is InChI=1S/C17H23N3O/c1-11-6-7-16(21-5)15(10-11)12(2)20-14(4)17-13(3)18-8-9-19-17/h6-10,12,14,20H,1-5H3. The highest BCUT2D eigenvalue weighted by molar-refractivity contribution is 5.39. The number of ether oxygens (including phenoxy) is 1. The van der Waals surface area contributed by atoms with Crippen LogP contribution in [0.15, 0.2) is 30.6 Å². The summed E-state index contributed by atoms with van der Waals surface area (Å²) in [4.78, 5) is 8.73. The van der Waals surface area contributed by atoms with Gasteiger partial charge in [0.1, 0.15) is 5.75 Å². The Bertz CT molecular complexity index is 613. The first kappa shape index (κ1) is 15.4. The highest BCUT2D eigenvalue weighted by Crippen LogP contribution is 2.28. The molecule has 0 fully saturated rings. The zero-order valence-corrected chi connectivity index (χ0v) is 13.3. The Morgan fingerprint density at radius 3 is 2.43 bits per heavy atom. The Balaban J connectivity index is 2.20. The van der Waals surface area contributed by atoms with Gasteiger partial charge in [0.15, 0.2) is 0 Å². The van der Waals surface area contributed by atoms with Gasteiger partial charge in [-0.05, 0) is 33.8 Å². The van der Waals surface area contributed by atoms with Crippen molar-refractivity contribution in [3.63, 3.8) is 0 Å². The van der Waals surface area contributed by atoms with Crippen LogP contribution in [0.5, 0.6) is 5.75 Å². The summed E-state index contributed by atoms with van der Waals surface area (Å²) in [6.45, 7) is 8.32. The molecule has 0 aliphatic carbocycles. The highest BCUT2D eigenvalue weighted by Gasteiger charge is 2.17. The van der Waals surface area contributed by atoms with Gasteiger partial charge < -0.3 is 10.1 Å². The van der Waals surface area contributed by atoms with E-state index in [1.54, 1.807) is 19.5 Å². The van der Waals surface area contributed by atoms with Gasteiger partial charge in [-0.25, -0.2) is 0 Å². The van der Waals surface area contributed by atoms with Crippen LogP contribution in [0.2, 0.25) is 0 Å². The molecule has 0 aliphatic heterocycles. The number of hydrogen-bond donors (Lipinski definition) is 1. The Labute approximate surface area is 126 Å². The first-order valence-electron chi connectivity index (χ1n) is 7.21. The molecule has 2 rings (SSSR count). The molecule has 0 saturated heterocycles. The molecular formula is C17H23N3O. The Hall–Kier alpha value is -1.94. The summed E-state index contributed by atoms with van der Waals surface area (Å²) < 4.78 is 5.46. The molecule has 0 saturated carbocycles. The third-order valence-corrected chi connectivity index (χ3v) is 3.68. The quantitative estimate of drug-likeness (QED) is 0.913. The molecule has 1 aromatic heterocycles. The maximum absolute atomic E-state index is 5.46. The number of hydrogen-bond acceptors (Lipinski definition) is 4. The molecule has 0 radical (unpaired) electrons. The van der Waals surface area contributed by atoms with Crippen molar-refractivity contribution in [1.82, 2.24) is 15.3 Å². The summed E-state index contributed by atoms with van der Waals surface area (Å²) in [6, 6.07) is 6.52. The monoisotopic (exact) mass is 285 g/mol. The van der Waals surface area contributed by atoms with Crippen molar-refractivity contribution in [2.24, 2.45) is 0 Å². The normalized spacial score (nSPS) is 13.8. The summed E-state index contributed by atoms with van der Waals surface area (Å²) in [5.41, 5.74) is 4.32. The lowest BCUT2D eigenvalue weighted by atomic mass is 10.0. The number of methoxy groups -OCH3 is 1. The summed E-state index contributed by atoms with van der Waals surface area (Å²) in [5, 5.41) is 3.57. The van der Waals surface area contributed by atoms with E-state index in [4.69, 9.17) is 4.74 Å². The lowest BCUT2D eigenvalue weighted by molar-refractivity contribution is 0.395. The van der Waals surface area contributed by atoms with Crippen LogP contribution < -0.4 is 10.1 Å². The van der Waals surface area contributed by atoms with E-state index in [9.17, 15) is 0 Å². The van der Waals surface area contributed by atoms with Crippen LogP contribution in [0.3, 0.4) is 0 Å². The molecule has 1 heterocycles. The van der Waals surface area contributed by atoms with Crippen LogP contribution in [-0.2, 0) is 0 Å². The topological polar surface area (TPSA) is 47.0 Å². The summed E-state index contributed by atoms with van der Waals surface area (Å²) in [6.07, 6.45) is 3.46. The second-order valence-electron chi connectivity index (χ2n) is 5.38. The smallest absolute Gasteiger partial charge is 0.123 e. The van der Waals surface area contributed by atoms with Gasteiger partial charge >= 0.3 is 0 Å². The molecule has 112 valence electrons. The van der Waals surface area contributed by atoms with E-state index in [2.05, 4.69) is 48.2 Å². The molecule has 0 bridgehead atoms. The van der Waals surface area contributed by atoms with Crippen molar-refractivity contribution in [1.29, 1.82) is 0 Å². The first-order valence-corrected chi connectivity index (χ1v) is 7.21. The van der Waals surface area contributed by atoms with Crippen molar-refractivity contribution < 1.29 is 4.74 Å². The average molecular weight is 285 g/mol. The Kier molecular flexibility index (Phi) is 4.91. The van der Waals surface area contributed by atoms with Gasteiger partial charge in [-0.2, -0.15) is 0 Å². The van der Waals surface area contributed by atoms with E-state index in [1.165, 1.54) is 5.56 Å². The number of aryl methyl sites for hydroxylation is 2. The average Bonchev–Trinajstić information content (AvgIpc) is 2.47. The fourth-order valence-corrected chi connectivity index (χ4v) is 2.58. The summed E-state index contributed by atoms with van der Waals surface area (Å²) >= 11 is 0. The molecule has 2 aromatic rings. The third kappa shape index (κ3) is 3.58. The molecule has 2 atom stereocenters. The molecule has 2 unspecified atom stereocenters. The van der Waals surface area contributed by atoms with E-state index < -0.39 is 0 Å². The number of rotatable bonds is 5. The van der Waals surface area contributed by atoms with E-state index in [0.29, 0.717) is 0 Å². The predicted octanol–water partition coefficient (Wildman–Crippen LogP) is 3.51. The molecule has 1 N–H and O–H groups in total. The lowest BCUT2D eigenvalue weighted by Gasteiger charge is -2.22. The van der Waals surface area contributed by atoms with Crippen LogP contribution in [-0.4, -0.2) is 17.1 Å². The number of nitrogens with zero attached hydrogens (tertiary/aromatic N) is 2. The number of nitrogens with one attached hydrogen (secondary N) is 1. The molecular weight excluding hydrogens is 262 g/mol. The van der Waals surface area contributed by atoms with Crippen molar-refractivity contribution >= 4 is 0 Å². The van der Waals surface area contributed by atoms with Gasteiger partial charge in [-0.15, -0.1) is 0 Å². The second-order valence-corrected chi connectivity index (χ2v) is 5.38. The summed E-state index contributed by atoms with van der Waals surface area (Å²) in [7, 11) is 1.71. The Morgan fingerprint density at radius 1 is 1.05 bits per heavy atom. The molecule has 0 aliphatic rings. The molecule has 1 aromatic carbocycles. The predicted molar refractivity (Wildman–Crippen MR) is 84.5 cm³/mol. The van der Waals surface area contributed by atoms with Crippen molar-refractivity contribution in [3.05, 3.63) is 53.1 Å². The van der Waals surface area contributed by atoms with E-state index in [0.717, 1.165) is 22.7 Å². The van der Waals surface area contributed by atoms with Crippen molar-refractivity contribution in [3.8, 4) is 5.75 Å². The largest absolute Gasteiger partial charge is 0.496 e. The van der Waals surface area contributed by atoms with Crippen molar-refractivity contribution in [2.75, 3.05) is 7.11 Å². The lowest BCUT2D eigenvalue weighted by Crippen LogP contribution is -2.24. The minimum absolute atomic E-state index is 0.124. The van der Waals surface area contributed by atoms with Crippen LogP contribution in [0.4, 0.5) is 0 Å². The summed E-state index contributed by atoms with van der Waals surface area (Å²) in [5.74, 6) is 0.906. The molecule has 21 heavy (non-hydrogen) atoms. The van der Waals surface area contributed by atoms with Gasteiger partial charge in [-0.1, -0.05) is 17.7 Å². The SMILES string of the molecule is COc1ccc(C)cc1C(C)NC(C)c1nccnc1C. The minimum Gasteiger partial charge on any atom is -0.496 e. The fourth-order valence-electron chi connectivity index (χ4n) is 2.58. The van der Waals surface area contributed by atoms with Gasteiger partial charge in [0.05, 0.1) is 18.5 Å². The molecule has 4 heteroatoms. The molecule has 0 amide bonds. The Morgan fingerprint density at radius 2 is 1.76 bits per heavy atom. The zero-order chi connectivity index (χ0) is 15.4. The highest BCUT2D eigenvalue weighted by atomic mass is 16.5. The van der Waals surface area contributed by atoms with Crippen LogP contribution >= 0.6 is 0 Å².